The largest absolute Gasteiger partial charge is 0.434 e. The van der Waals surface area contributed by atoms with Gasteiger partial charge in [-0.1, -0.05) is 5.20 Å². The summed E-state index contributed by atoms with van der Waals surface area (Å²) in [5, 5.41) is 1.02. The molecule has 0 aliphatic heterocycles. The van der Waals surface area contributed by atoms with Crippen LogP contribution in [-0.4, -0.2) is 23.1 Å². The molecule has 6 heavy (non-hydrogen) atoms. The topological polar surface area (TPSA) is 20.2 Å². The van der Waals surface area contributed by atoms with Crippen LogP contribution in [0.1, 0.15) is 6.92 Å². The van der Waals surface area contributed by atoms with Gasteiger partial charge in [0.2, 0.25) is 0 Å². The first-order chi connectivity index (χ1) is 2.64. The van der Waals surface area contributed by atoms with Crippen LogP contribution in [0.2, 0.25) is 0 Å². The van der Waals surface area contributed by atoms with Crippen molar-refractivity contribution in [1.82, 2.24) is 0 Å². The lowest BCUT2D eigenvalue weighted by Crippen LogP contribution is -2.12. The lowest BCUT2D eigenvalue weighted by Gasteiger charge is -1.94. The predicted molar refractivity (Wildman–Crippen MR) is 34.1 cm³/mol. The lowest BCUT2D eigenvalue weighted by atomic mass is 10.8. The van der Waals surface area contributed by atoms with Crippen molar-refractivity contribution in [3.8, 4) is 0 Å². The van der Waals surface area contributed by atoms with Gasteiger partial charge >= 0.3 is 0 Å². The molecule has 0 aliphatic rings. The highest BCUT2D eigenvalue weighted by Gasteiger charge is 1.93. The average molecular weight is 118 g/mol. The van der Waals surface area contributed by atoms with E-state index in [0.717, 1.165) is 15.0 Å². The third kappa shape index (κ3) is 2.38. The van der Waals surface area contributed by atoms with Gasteiger partial charge in [0.1, 0.15) is 0 Å². The van der Waals surface area contributed by atoms with Crippen LogP contribution < -0.4 is 0 Å². The summed E-state index contributed by atoms with van der Waals surface area (Å²) in [4.78, 5) is 8.73. The van der Waals surface area contributed by atoms with E-state index in [1.807, 2.05) is 6.92 Å². The van der Waals surface area contributed by atoms with Crippen LogP contribution >= 0.6 is 0 Å². The molecule has 0 aromatic heterocycles. The summed E-state index contributed by atoms with van der Waals surface area (Å²) < 4.78 is 0. The summed E-state index contributed by atoms with van der Waals surface area (Å²) in [7, 11) is -0.351. The molecule has 0 spiro atoms. The first-order valence-corrected chi connectivity index (χ1v) is 7.69. The fourth-order valence-corrected chi connectivity index (χ4v) is 0. The zero-order valence-electron chi connectivity index (χ0n) is 4.23. The van der Waals surface area contributed by atoms with Gasteiger partial charge in [-0.25, -0.2) is 0 Å². The van der Waals surface area contributed by atoms with Crippen molar-refractivity contribution in [3.05, 3.63) is 11.8 Å². The zero-order chi connectivity index (χ0) is 5.15. The molecule has 0 aromatic rings. The molecule has 1 N–H and O–H groups in total. The van der Waals surface area contributed by atoms with Gasteiger partial charge in [-0.15, -0.1) is 6.58 Å². The van der Waals surface area contributed by atoms with Gasteiger partial charge in [0.15, 0.2) is 8.56 Å². The third-order valence-corrected chi connectivity index (χ3v) is 5.10. The Hall–Kier alpha value is 0.134. The van der Waals surface area contributed by atoms with Gasteiger partial charge in [0.25, 0.3) is 0 Å². The normalized spacial score (nSPS) is 14.3. The maximum atomic E-state index is 8.73. The molecule has 1 nitrogen and oxygen atoms in total. The average Bonchev–Trinajstić information content (AvgIpc) is 1.36. The molecule has 3 heteroatoms. The van der Waals surface area contributed by atoms with Crippen molar-refractivity contribution in [2.24, 2.45) is 0 Å². The molecule has 0 rings (SSSR count). The Kier molecular flexibility index (Phi) is 2.38. The quantitative estimate of drug-likeness (QED) is 0.423. The van der Waals surface area contributed by atoms with E-state index >= 15 is 0 Å². The van der Waals surface area contributed by atoms with Crippen molar-refractivity contribution >= 4 is 18.3 Å². The molecule has 1 unspecified atom stereocenters. The zero-order valence-corrected chi connectivity index (χ0v) is 7.39. The molecule has 0 aliphatic carbocycles. The third-order valence-electron chi connectivity index (χ3n) is 0.713. The van der Waals surface area contributed by atoms with E-state index in [2.05, 4.69) is 6.58 Å². The van der Waals surface area contributed by atoms with Crippen LogP contribution in [0.25, 0.3) is 0 Å². The Balaban J connectivity index is 3.26. The van der Waals surface area contributed by atoms with E-state index in [9.17, 15) is 0 Å². The molecule has 0 amide bonds. The van der Waals surface area contributed by atoms with Crippen molar-refractivity contribution < 1.29 is 4.80 Å². The van der Waals surface area contributed by atoms with Gasteiger partial charge in [-0.05, 0) is 6.92 Å². The standard InChI is InChI=1S/C3H10OSi2/c1-3(2)6(4)5/h4,6H,1H2,2,5H3. The SMILES string of the molecule is C=C(C)[SiH](O)[SiH3]. The molecule has 36 valence electrons. The Labute approximate surface area is 42.6 Å². The summed E-state index contributed by atoms with van der Waals surface area (Å²) in [6, 6.07) is 0. The maximum absolute atomic E-state index is 8.73. The summed E-state index contributed by atoms with van der Waals surface area (Å²) in [5.74, 6) is 0. The first-order valence-electron chi connectivity index (χ1n) is 1.98. The van der Waals surface area contributed by atoms with Crippen molar-refractivity contribution in [2.75, 3.05) is 0 Å². The second-order valence-electron chi connectivity index (χ2n) is 1.52. The van der Waals surface area contributed by atoms with Gasteiger partial charge < -0.3 is 4.80 Å². The van der Waals surface area contributed by atoms with Crippen molar-refractivity contribution in [3.63, 3.8) is 0 Å². The molecular weight excluding hydrogens is 108 g/mol. The van der Waals surface area contributed by atoms with Crippen molar-refractivity contribution in [2.45, 2.75) is 6.92 Å². The van der Waals surface area contributed by atoms with Crippen LogP contribution in [0, 0.1) is 0 Å². The Morgan fingerprint density at radius 3 is 2.17 bits per heavy atom. The van der Waals surface area contributed by atoms with E-state index in [1.165, 1.54) is 0 Å². The molecule has 0 bridgehead atoms. The van der Waals surface area contributed by atoms with E-state index in [0.29, 0.717) is 0 Å². The monoisotopic (exact) mass is 118 g/mol. The number of rotatable bonds is 1. The summed E-state index contributed by atoms with van der Waals surface area (Å²) in [6.07, 6.45) is 0. The second kappa shape index (κ2) is 2.33. The van der Waals surface area contributed by atoms with Gasteiger partial charge in [0.05, 0.1) is 0 Å². The Bertz CT molecular complexity index is 59.8. The highest BCUT2D eigenvalue weighted by molar-refractivity contribution is 7.02. The molecule has 0 radical (unpaired) electrons. The van der Waals surface area contributed by atoms with E-state index in [-0.39, 0.29) is 0 Å². The smallest absolute Gasteiger partial charge is 0.174 e. The maximum Gasteiger partial charge on any atom is 0.174 e. The highest BCUT2D eigenvalue weighted by atomic mass is 29.2. The minimum Gasteiger partial charge on any atom is -0.434 e. The van der Waals surface area contributed by atoms with Crippen LogP contribution in [0.5, 0.6) is 0 Å². The minimum absolute atomic E-state index is 0.948. The first kappa shape index (κ1) is 6.13. The summed E-state index contributed by atoms with van der Waals surface area (Å²) in [5.41, 5.74) is 0. The highest BCUT2D eigenvalue weighted by Crippen LogP contribution is 1.83. The van der Waals surface area contributed by atoms with Gasteiger partial charge in [-0.3, -0.25) is 0 Å². The Morgan fingerprint density at radius 1 is 2.00 bits per heavy atom. The molecular formula is C3H10OSi2. The van der Waals surface area contributed by atoms with Crippen LogP contribution in [-0.2, 0) is 0 Å². The molecule has 0 aromatic carbocycles. The molecule has 0 saturated heterocycles. The van der Waals surface area contributed by atoms with Crippen LogP contribution in [0.3, 0.4) is 0 Å². The summed E-state index contributed by atoms with van der Waals surface area (Å²) in [6.45, 7) is 5.49. The number of hydrogen-bond acceptors (Lipinski definition) is 1. The molecule has 1 atom stereocenters. The second-order valence-corrected chi connectivity index (χ2v) is 7.14. The Morgan fingerprint density at radius 2 is 2.17 bits per heavy atom. The number of allylic oxidation sites excluding steroid dienone is 1. The minimum atomic E-state index is -1.30. The van der Waals surface area contributed by atoms with Gasteiger partial charge in [0, 0.05) is 9.76 Å². The van der Waals surface area contributed by atoms with E-state index in [4.69, 9.17) is 4.80 Å². The van der Waals surface area contributed by atoms with E-state index < -0.39 is 8.56 Å². The van der Waals surface area contributed by atoms with Crippen LogP contribution in [0.4, 0.5) is 0 Å². The molecule has 0 heterocycles. The number of hydrogen-bond donors (Lipinski definition) is 1. The molecule has 0 saturated carbocycles. The van der Waals surface area contributed by atoms with Gasteiger partial charge in [-0.2, -0.15) is 0 Å². The van der Waals surface area contributed by atoms with Crippen LogP contribution in [0.15, 0.2) is 11.8 Å². The van der Waals surface area contributed by atoms with E-state index in [1.54, 1.807) is 0 Å². The summed E-state index contributed by atoms with van der Waals surface area (Å²) >= 11 is 0. The predicted octanol–water partition coefficient (Wildman–Crippen LogP) is -1.32. The fraction of sp³-hybridized carbons (Fsp3) is 0.333. The lowest BCUT2D eigenvalue weighted by molar-refractivity contribution is 0.602. The molecule has 0 fully saturated rings. The van der Waals surface area contributed by atoms with Crippen molar-refractivity contribution in [1.29, 1.82) is 0 Å². The fourth-order valence-electron chi connectivity index (χ4n) is 0.